The predicted molar refractivity (Wildman–Crippen MR) is 75.6 cm³/mol. The van der Waals surface area contributed by atoms with Crippen molar-refractivity contribution >= 4 is 17.7 Å². The zero-order valence-corrected chi connectivity index (χ0v) is 12.8. The lowest BCUT2D eigenvalue weighted by atomic mass is 10.1. The van der Waals surface area contributed by atoms with E-state index in [2.05, 4.69) is 15.5 Å². The van der Waals surface area contributed by atoms with Gasteiger partial charge < -0.3 is 9.64 Å². The molecule has 1 aliphatic rings. The second-order valence-corrected chi connectivity index (χ2v) is 5.55. The number of amides is 1. The first-order chi connectivity index (χ1) is 9.76. The molecule has 0 saturated carbocycles. The molecule has 0 aliphatic carbocycles. The van der Waals surface area contributed by atoms with Gasteiger partial charge >= 0.3 is 0 Å². The maximum atomic E-state index is 12.0. The smallest absolute Gasteiger partial charge is 0.233 e. The molecule has 1 aromatic heterocycles. The van der Waals surface area contributed by atoms with Crippen LogP contribution >= 0.6 is 11.8 Å². The van der Waals surface area contributed by atoms with E-state index in [9.17, 15) is 4.79 Å². The van der Waals surface area contributed by atoms with Crippen molar-refractivity contribution in [1.82, 2.24) is 25.1 Å². The van der Waals surface area contributed by atoms with E-state index in [4.69, 9.17) is 4.74 Å². The van der Waals surface area contributed by atoms with Crippen LogP contribution < -0.4 is 0 Å². The van der Waals surface area contributed by atoms with Gasteiger partial charge in [-0.2, -0.15) is 0 Å². The van der Waals surface area contributed by atoms with Gasteiger partial charge in [-0.1, -0.05) is 11.8 Å². The highest BCUT2D eigenvalue weighted by molar-refractivity contribution is 7.99. The van der Waals surface area contributed by atoms with Crippen LogP contribution in [-0.2, 0) is 9.53 Å². The first-order valence-corrected chi connectivity index (χ1v) is 8.01. The first-order valence-electron chi connectivity index (χ1n) is 7.02. The average molecular weight is 299 g/mol. The number of tetrazole rings is 1. The molecule has 0 bridgehead atoms. The molecule has 8 heteroatoms. The Kier molecular flexibility index (Phi) is 5.78. The summed E-state index contributed by atoms with van der Waals surface area (Å²) in [6, 6.07) is 0.282. The zero-order valence-electron chi connectivity index (χ0n) is 12.0. The highest BCUT2D eigenvalue weighted by Crippen LogP contribution is 2.24. The van der Waals surface area contributed by atoms with Crippen molar-refractivity contribution in [2.45, 2.75) is 37.9 Å². The van der Waals surface area contributed by atoms with Crippen molar-refractivity contribution in [1.29, 1.82) is 0 Å². The third kappa shape index (κ3) is 3.69. The lowest BCUT2D eigenvalue weighted by Gasteiger charge is -2.22. The molecule has 1 fully saturated rings. The van der Waals surface area contributed by atoms with E-state index in [-0.39, 0.29) is 11.9 Å². The Morgan fingerprint density at radius 1 is 1.40 bits per heavy atom. The molecular formula is C12H21N5O2S. The fourth-order valence-electron chi connectivity index (χ4n) is 2.23. The molecule has 2 rings (SSSR count). The van der Waals surface area contributed by atoms with Gasteiger partial charge in [-0.15, -0.1) is 5.10 Å². The summed E-state index contributed by atoms with van der Waals surface area (Å²) >= 11 is 1.41. The molecule has 0 unspecified atom stereocenters. The number of nitrogens with zero attached hydrogens (tertiary/aromatic N) is 5. The number of aromatic nitrogens is 4. The fraction of sp³-hybridized carbons (Fsp3) is 0.833. The highest BCUT2D eigenvalue weighted by atomic mass is 32.2. The van der Waals surface area contributed by atoms with E-state index in [1.54, 1.807) is 0 Å². The SMILES string of the molecule is CCN(CC)C(=O)CSc1nnnn1C1CCOCC1. The van der Waals surface area contributed by atoms with E-state index >= 15 is 0 Å². The summed E-state index contributed by atoms with van der Waals surface area (Å²) in [6.45, 7) is 6.93. The minimum absolute atomic E-state index is 0.126. The van der Waals surface area contributed by atoms with Gasteiger partial charge in [0, 0.05) is 26.3 Å². The van der Waals surface area contributed by atoms with Crippen molar-refractivity contribution in [2.24, 2.45) is 0 Å². The quantitative estimate of drug-likeness (QED) is 0.729. The van der Waals surface area contributed by atoms with Crippen LogP contribution in [0.5, 0.6) is 0 Å². The van der Waals surface area contributed by atoms with Crippen molar-refractivity contribution in [2.75, 3.05) is 32.1 Å². The second-order valence-electron chi connectivity index (χ2n) is 4.60. The summed E-state index contributed by atoms with van der Waals surface area (Å²) in [5.74, 6) is 0.507. The maximum absolute atomic E-state index is 12.0. The molecule has 1 aliphatic heterocycles. The van der Waals surface area contributed by atoms with Crippen LogP contribution in [0.2, 0.25) is 0 Å². The minimum Gasteiger partial charge on any atom is -0.381 e. The summed E-state index contributed by atoms with van der Waals surface area (Å²) in [7, 11) is 0. The molecule has 0 N–H and O–H groups in total. The van der Waals surface area contributed by atoms with Crippen LogP contribution in [0.3, 0.4) is 0 Å². The molecule has 0 radical (unpaired) electrons. The molecule has 1 saturated heterocycles. The molecule has 1 aromatic rings. The molecule has 20 heavy (non-hydrogen) atoms. The topological polar surface area (TPSA) is 73.1 Å². The Balaban J connectivity index is 1.93. The van der Waals surface area contributed by atoms with Crippen molar-refractivity contribution < 1.29 is 9.53 Å². The summed E-state index contributed by atoms with van der Waals surface area (Å²) < 4.78 is 7.18. The molecule has 112 valence electrons. The summed E-state index contributed by atoms with van der Waals surface area (Å²) in [5, 5.41) is 12.5. The number of rotatable bonds is 6. The lowest BCUT2D eigenvalue weighted by molar-refractivity contribution is -0.127. The first kappa shape index (κ1) is 15.2. The Bertz CT molecular complexity index is 429. The number of carbonyl (C=O) groups is 1. The van der Waals surface area contributed by atoms with Crippen LogP contribution in [-0.4, -0.2) is 63.1 Å². The van der Waals surface area contributed by atoms with Gasteiger partial charge in [0.05, 0.1) is 11.8 Å². The minimum atomic E-state index is 0.126. The van der Waals surface area contributed by atoms with Gasteiger partial charge in [0.2, 0.25) is 11.1 Å². The van der Waals surface area contributed by atoms with Gasteiger partial charge in [-0.25, -0.2) is 4.68 Å². The molecule has 0 atom stereocenters. The Morgan fingerprint density at radius 2 is 2.10 bits per heavy atom. The van der Waals surface area contributed by atoms with Crippen LogP contribution in [0.15, 0.2) is 5.16 Å². The fourth-order valence-corrected chi connectivity index (χ4v) is 3.08. The van der Waals surface area contributed by atoms with E-state index in [1.807, 2.05) is 23.4 Å². The van der Waals surface area contributed by atoms with E-state index in [1.165, 1.54) is 11.8 Å². The Morgan fingerprint density at radius 3 is 2.75 bits per heavy atom. The molecule has 2 heterocycles. The van der Waals surface area contributed by atoms with Crippen molar-refractivity contribution in [3.63, 3.8) is 0 Å². The molecule has 0 spiro atoms. The van der Waals surface area contributed by atoms with Gasteiger partial charge in [0.25, 0.3) is 0 Å². The number of carbonyl (C=O) groups excluding carboxylic acids is 1. The molecule has 7 nitrogen and oxygen atoms in total. The normalized spacial score (nSPS) is 16.3. The van der Waals surface area contributed by atoms with E-state index < -0.39 is 0 Å². The molecule has 1 amide bonds. The third-order valence-corrected chi connectivity index (χ3v) is 4.36. The predicted octanol–water partition coefficient (Wildman–Crippen LogP) is 0.985. The van der Waals surface area contributed by atoms with Crippen LogP contribution in [0.25, 0.3) is 0 Å². The number of hydrogen-bond acceptors (Lipinski definition) is 6. The van der Waals surface area contributed by atoms with Gasteiger partial charge in [0.1, 0.15) is 0 Å². The molecule has 0 aromatic carbocycles. The summed E-state index contributed by atoms with van der Waals surface area (Å²) in [5.41, 5.74) is 0. The van der Waals surface area contributed by atoms with E-state index in [0.29, 0.717) is 5.75 Å². The van der Waals surface area contributed by atoms with Crippen LogP contribution in [0, 0.1) is 0 Å². The Hall–Kier alpha value is -1.15. The van der Waals surface area contributed by atoms with Crippen LogP contribution in [0.1, 0.15) is 32.7 Å². The van der Waals surface area contributed by atoms with Gasteiger partial charge in [0.15, 0.2) is 0 Å². The monoisotopic (exact) mass is 299 g/mol. The number of thioether (sulfide) groups is 1. The van der Waals surface area contributed by atoms with Gasteiger partial charge in [-0.3, -0.25) is 4.79 Å². The molecular weight excluding hydrogens is 278 g/mol. The van der Waals surface area contributed by atoms with E-state index in [0.717, 1.165) is 44.3 Å². The van der Waals surface area contributed by atoms with Crippen LogP contribution in [0.4, 0.5) is 0 Å². The number of hydrogen-bond donors (Lipinski definition) is 0. The zero-order chi connectivity index (χ0) is 14.4. The second kappa shape index (κ2) is 7.58. The number of ether oxygens (including phenoxy) is 1. The lowest BCUT2D eigenvalue weighted by Crippen LogP contribution is -2.32. The standard InChI is InChI=1S/C12H21N5O2S/c1-3-16(4-2)11(18)9-20-12-13-14-15-17(12)10-5-7-19-8-6-10/h10H,3-9H2,1-2H3. The summed E-state index contributed by atoms with van der Waals surface area (Å²) in [4.78, 5) is 13.8. The maximum Gasteiger partial charge on any atom is 0.233 e. The largest absolute Gasteiger partial charge is 0.381 e. The summed E-state index contributed by atoms with van der Waals surface area (Å²) in [6.07, 6.45) is 1.84. The highest BCUT2D eigenvalue weighted by Gasteiger charge is 2.21. The third-order valence-electron chi connectivity index (χ3n) is 3.44. The van der Waals surface area contributed by atoms with Gasteiger partial charge in [-0.05, 0) is 37.1 Å². The average Bonchev–Trinajstić information content (AvgIpc) is 2.95. The van der Waals surface area contributed by atoms with Crippen molar-refractivity contribution in [3.05, 3.63) is 0 Å². The Labute approximate surface area is 123 Å². The van der Waals surface area contributed by atoms with Crippen molar-refractivity contribution in [3.8, 4) is 0 Å².